The molecule has 0 saturated heterocycles. The number of hydrogen-bond acceptors (Lipinski definition) is 4. The van der Waals surface area contributed by atoms with Crippen molar-refractivity contribution in [1.82, 2.24) is 14.9 Å². The zero-order valence-electron chi connectivity index (χ0n) is 14.1. The van der Waals surface area contributed by atoms with Crippen LogP contribution < -0.4 is 0 Å². The van der Waals surface area contributed by atoms with E-state index in [1.165, 1.54) is 22.2 Å². The lowest BCUT2D eigenvalue weighted by Crippen LogP contribution is -2.30. The third-order valence-electron chi connectivity index (χ3n) is 4.96. The summed E-state index contributed by atoms with van der Waals surface area (Å²) in [5, 5.41) is 1.36. The molecule has 0 fully saturated rings. The summed E-state index contributed by atoms with van der Waals surface area (Å²) in [6, 6.07) is 12.3. The summed E-state index contributed by atoms with van der Waals surface area (Å²) in [4.78, 5) is 10.6. The quantitative estimate of drug-likeness (QED) is 0.608. The monoisotopic (exact) mass is 333 g/mol. The fourth-order valence-electron chi connectivity index (χ4n) is 3.68. The molecule has 1 aliphatic heterocycles. The molecule has 0 atom stereocenters. The Bertz CT molecular complexity index is 1030. The molecule has 5 nitrogen and oxygen atoms in total. The van der Waals surface area contributed by atoms with Crippen molar-refractivity contribution < 1.29 is 8.83 Å². The van der Waals surface area contributed by atoms with Crippen molar-refractivity contribution in [2.75, 3.05) is 6.54 Å². The van der Waals surface area contributed by atoms with E-state index in [1.54, 1.807) is 6.26 Å². The van der Waals surface area contributed by atoms with Crippen LogP contribution in [0.1, 0.15) is 22.7 Å². The number of aryl methyl sites for hydroxylation is 1. The molecule has 5 heteroatoms. The standard InChI is InChI=1S/C20H19N3O2/c1-13-17(22-20(25-13)19-7-4-10-24-19)11-23-9-8-15-14-5-2-3-6-16(14)21-18(15)12-23/h2-7,10,21H,8-9,11-12H2,1H3. The van der Waals surface area contributed by atoms with Crippen LogP contribution in [0, 0.1) is 6.92 Å². The number of benzene rings is 1. The van der Waals surface area contributed by atoms with Crippen LogP contribution in [0.15, 0.2) is 51.5 Å². The van der Waals surface area contributed by atoms with Gasteiger partial charge in [-0.05, 0) is 37.1 Å². The molecule has 4 aromatic rings. The normalized spacial score (nSPS) is 14.9. The maximum atomic E-state index is 5.78. The Balaban J connectivity index is 1.39. The smallest absolute Gasteiger partial charge is 0.263 e. The predicted molar refractivity (Wildman–Crippen MR) is 95.1 cm³/mol. The van der Waals surface area contributed by atoms with Crippen molar-refractivity contribution >= 4 is 10.9 Å². The average Bonchev–Trinajstić information content (AvgIpc) is 3.33. The van der Waals surface area contributed by atoms with E-state index < -0.39 is 0 Å². The SMILES string of the molecule is Cc1oc(-c2ccco2)nc1CN1CCc2c([nH]c3ccccc23)C1. The van der Waals surface area contributed by atoms with E-state index in [4.69, 9.17) is 8.83 Å². The van der Waals surface area contributed by atoms with Gasteiger partial charge in [-0.25, -0.2) is 4.98 Å². The van der Waals surface area contributed by atoms with Gasteiger partial charge in [0.25, 0.3) is 5.89 Å². The molecule has 25 heavy (non-hydrogen) atoms. The fraction of sp³-hybridized carbons (Fsp3) is 0.250. The van der Waals surface area contributed by atoms with Gasteiger partial charge < -0.3 is 13.8 Å². The van der Waals surface area contributed by atoms with E-state index in [9.17, 15) is 0 Å². The third-order valence-corrected chi connectivity index (χ3v) is 4.96. The molecule has 0 unspecified atom stereocenters. The maximum absolute atomic E-state index is 5.78. The van der Waals surface area contributed by atoms with Crippen LogP contribution in [0.3, 0.4) is 0 Å². The number of aromatic nitrogens is 2. The lowest BCUT2D eigenvalue weighted by Gasteiger charge is -2.26. The highest BCUT2D eigenvalue weighted by Gasteiger charge is 2.22. The third kappa shape index (κ3) is 2.48. The summed E-state index contributed by atoms with van der Waals surface area (Å²) in [6.07, 6.45) is 2.69. The van der Waals surface area contributed by atoms with Crippen LogP contribution in [0.4, 0.5) is 0 Å². The van der Waals surface area contributed by atoms with E-state index >= 15 is 0 Å². The van der Waals surface area contributed by atoms with Gasteiger partial charge in [0, 0.05) is 36.2 Å². The molecular weight excluding hydrogens is 314 g/mol. The first-order valence-corrected chi connectivity index (χ1v) is 8.59. The largest absolute Gasteiger partial charge is 0.459 e. The van der Waals surface area contributed by atoms with E-state index in [-0.39, 0.29) is 0 Å². The van der Waals surface area contributed by atoms with Crippen LogP contribution in [0.2, 0.25) is 0 Å². The summed E-state index contributed by atoms with van der Waals surface area (Å²) in [6.45, 7) is 4.68. The highest BCUT2D eigenvalue weighted by atomic mass is 16.4. The number of hydrogen-bond donors (Lipinski definition) is 1. The molecule has 1 aromatic carbocycles. The Morgan fingerprint density at radius 1 is 1.20 bits per heavy atom. The number of para-hydroxylation sites is 1. The van der Waals surface area contributed by atoms with E-state index in [1.807, 2.05) is 19.1 Å². The summed E-state index contributed by atoms with van der Waals surface area (Å²) >= 11 is 0. The van der Waals surface area contributed by atoms with Gasteiger partial charge in [-0.2, -0.15) is 0 Å². The number of fused-ring (bicyclic) bond motifs is 3. The molecule has 0 amide bonds. The Morgan fingerprint density at radius 2 is 2.12 bits per heavy atom. The van der Waals surface area contributed by atoms with E-state index in [0.717, 1.165) is 37.5 Å². The van der Waals surface area contributed by atoms with Gasteiger partial charge in [0.2, 0.25) is 0 Å². The Labute approximate surface area is 145 Å². The van der Waals surface area contributed by atoms with Crippen molar-refractivity contribution in [3.8, 4) is 11.7 Å². The zero-order chi connectivity index (χ0) is 16.8. The molecule has 1 N–H and O–H groups in total. The molecule has 0 bridgehead atoms. The van der Waals surface area contributed by atoms with Gasteiger partial charge in [0.1, 0.15) is 5.76 Å². The minimum absolute atomic E-state index is 0.556. The molecule has 5 rings (SSSR count). The zero-order valence-corrected chi connectivity index (χ0v) is 14.1. The van der Waals surface area contributed by atoms with Crippen molar-refractivity contribution in [2.45, 2.75) is 26.4 Å². The topological polar surface area (TPSA) is 58.2 Å². The van der Waals surface area contributed by atoms with Crippen LogP contribution in [-0.2, 0) is 19.5 Å². The highest BCUT2D eigenvalue weighted by molar-refractivity contribution is 5.84. The average molecular weight is 333 g/mol. The second kappa shape index (κ2) is 5.63. The molecule has 0 spiro atoms. The first kappa shape index (κ1) is 14.5. The number of aromatic amines is 1. The summed E-state index contributed by atoms with van der Waals surface area (Å²) in [5.41, 5.74) is 4.98. The van der Waals surface area contributed by atoms with Gasteiger partial charge >= 0.3 is 0 Å². The molecule has 1 aliphatic rings. The second-order valence-electron chi connectivity index (χ2n) is 6.59. The van der Waals surface area contributed by atoms with Gasteiger partial charge in [0.15, 0.2) is 5.76 Å². The number of furan rings is 1. The molecule has 3 aromatic heterocycles. The predicted octanol–water partition coefficient (Wildman–Crippen LogP) is 4.28. The first-order chi connectivity index (χ1) is 12.3. The molecule has 4 heterocycles. The number of nitrogens with zero attached hydrogens (tertiary/aromatic N) is 2. The summed E-state index contributed by atoms with van der Waals surface area (Å²) in [7, 11) is 0. The second-order valence-corrected chi connectivity index (χ2v) is 6.59. The number of oxazole rings is 1. The van der Waals surface area contributed by atoms with Gasteiger partial charge in [-0.15, -0.1) is 0 Å². The molecule has 0 aliphatic carbocycles. The molecule has 0 radical (unpaired) electrons. The van der Waals surface area contributed by atoms with Crippen molar-refractivity contribution in [1.29, 1.82) is 0 Å². The van der Waals surface area contributed by atoms with Crippen molar-refractivity contribution in [2.24, 2.45) is 0 Å². The van der Waals surface area contributed by atoms with E-state index in [0.29, 0.717) is 11.7 Å². The van der Waals surface area contributed by atoms with Crippen LogP contribution in [-0.4, -0.2) is 21.4 Å². The minimum atomic E-state index is 0.556. The van der Waals surface area contributed by atoms with Crippen LogP contribution in [0.5, 0.6) is 0 Å². The van der Waals surface area contributed by atoms with Gasteiger partial charge in [-0.1, -0.05) is 18.2 Å². The van der Waals surface area contributed by atoms with Crippen LogP contribution >= 0.6 is 0 Å². The number of rotatable bonds is 3. The van der Waals surface area contributed by atoms with Gasteiger partial charge in [-0.3, -0.25) is 4.90 Å². The van der Waals surface area contributed by atoms with Gasteiger partial charge in [0.05, 0.1) is 12.0 Å². The highest BCUT2D eigenvalue weighted by Crippen LogP contribution is 2.29. The Kier molecular flexibility index (Phi) is 3.28. The summed E-state index contributed by atoms with van der Waals surface area (Å²) in [5.74, 6) is 2.08. The molecule has 126 valence electrons. The van der Waals surface area contributed by atoms with E-state index in [2.05, 4.69) is 39.1 Å². The number of H-pyrrole nitrogens is 1. The lowest BCUT2D eigenvalue weighted by molar-refractivity contribution is 0.239. The van der Waals surface area contributed by atoms with Crippen molar-refractivity contribution in [3.63, 3.8) is 0 Å². The molecule has 0 saturated carbocycles. The Morgan fingerprint density at radius 3 is 3.00 bits per heavy atom. The molecular formula is C20H19N3O2. The Hall–Kier alpha value is -2.79. The van der Waals surface area contributed by atoms with Crippen molar-refractivity contribution in [3.05, 3.63) is 65.4 Å². The maximum Gasteiger partial charge on any atom is 0.263 e. The minimum Gasteiger partial charge on any atom is -0.459 e. The lowest BCUT2D eigenvalue weighted by atomic mass is 10.0. The fourth-order valence-corrected chi connectivity index (χ4v) is 3.68. The number of nitrogens with one attached hydrogen (secondary N) is 1. The first-order valence-electron chi connectivity index (χ1n) is 8.59. The summed E-state index contributed by atoms with van der Waals surface area (Å²) < 4.78 is 11.2. The van der Waals surface area contributed by atoms with Crippen LogP contribution in [0.25, 0.3) is 22.6 Å².